The molecule has 2 nitrogen and oxygen atoms in total. The number of hydrogen-bond acceptors (Lipinski definition) is 3. The van der Waals surface area contributed by atoms with Crippen LogP contribution in [0.5, 0.6) is 0 Å². The van der Waals surface area contributed by atoms with E-state index >= 15 is 0 Å². The van der Waals surface area contributed by atoms with Gasteiger partial charge in [-0.25, -0.2) is 0 Å². The molecule has 5 heteroatoms. The molecule has 2 aliphatic rings. The van der Waals surface area contributed by atoms with Crippen molar-refractivity contribution in [2.75, 3.05) is 13.2 Å². The first-order valence-corrected chi connectivity index (χ1v) is 8.07. The third kappa shape index (κ3) is 2.56. The van der Waals surface area contributed by atoms with Crippen molar-refractivity contribution in [3.05, 3.63) is 20.3 Å². The lowest BCUT2D eigenvalue weighted by molar-refractivity contribution is -0.0464. The first-order valence-electron chi connectivity index (χ1n) is 6.50. The van der Waals surface area contributed by atoms with Crippen LogP contribution in [0.4, 0.5) is 0 Å². The number of nitrogens with one attached hydrogen (secondary N) is 1. The highest BCUT2D eigenvalue weighted by Gasteiger charge is 2.37. The molecule has 1 spiro atoms. The van der Waals surface area contributed by atoms with Gasteiger partial charge >= 0.3 is 0 Å². The number of morpholine rings is 1. The van der Waals surface area contributed by atoms with E-state index in [0.717, 1.165) is 27.4 Å². The second kappa shape index (κ2) is 5.29. The molecule has 1 aromatic rings. The molecule has 1 aliphatic heterocycles. The maximum absolute atomic E-state index is 6.18. The normalized spacial score (nSPS) is 27.6. The van der Waals surface area contributed by atoms with Crippen molar-refractivity contribution in [3.63, 3.8) is 0 Å². The number of hydrogen-bond donors (Lipinski definition) is 1. The molecule has 1 atom stereocenters. The van der Waals surface area contributed by atoms with Crippen molar-refractivity contribution in [1.29, 1.82) is 0 Å². The Balaban J connectivity index is 1.68. The van der Waals surface area contributed by atoms with Gasteiger partial charge in [-0.15, -0.1) is 11.3 Å². The molecular weight excluding hydrogens is 289 g/mol. The standard InChI is InChI=1S/C13H17Cl2NOS/c14-11-6-9(12(15)18-11)10-7-16-13(8-17-10)4-2-1-3-5-13/h6,10,16H,1-5,7-8H2. The van der Waals surface area contributed by atoms with Gasteiger partial charge in [0.05, 0.1) is 17.0 Å². The molecule has 100 valence electrons. The van der Waals surface area contributed by atoms with Crippen LogP contribution in [0.1, 0.15) is 43.8 Å². The van der Waals surface area contributed by atoms with Gasteiger partial charge in [-0.3, -0.25) is 0 Å². The van der Waals surface area contributed by atoms with Crippen LogP contribution in [0.15, 0.2) is 6.07 Å². The number of rotatable bonds is 1. The molecule has 18 heavy (non-hydrogen) atoms. The third-order valence-electron chi connectivity index (χ3n) is 4.06. The van der Waals surface area contributed by atoms with Crippen molar-refractivity contribution in [3.8, 4) is 0 Å². The molecule has 2 heterocycles. The summed E-state index contributed by atoms with van der Waals surface area (Å²) in [6.07, 6.45) is 6.50. The molecule has 1 saturated heterocycles. The first-order chi connectivity index (χ1) is 8.69. The van der Waals surface area contributed by atoms with Gasteiger partial charge in [0.15, 0.2) is 0 Å². The molecule has 3 rings (SSSR count). The van der Waals surface area contributed by atoms with Gasteiger partial charge in [0.2, 0.25) is 0 Å². The van der Waals surface area contributed by atoms with E-state index in [0.29, 0.717) is 0 Å². The lowest BCUT2D eigenvalue weighted by Crippen LogP contribution is -2.55. The zero-order chi connectivity index (χ0) is 12.6. The number of thiophene rings is 1. The predicted octanol–water partition coefficient (Wildman–Crippen LogP) is 4.42. The van der Waals surface area contributed by atoms with E-state index < -0.39 is 0 Å². The molecule has 1 aromatic heterocycles. The summed E-state index contributed by atoms with van der Waals surface area (Å²) in [5, 5.41) is 3.70. The Morgan fingerprint density at radius 3 is 2.61 bits per heavy atom. The lowest BCUT2D eigenvalue weighted by atomic mass is 9.81. The fraction of sp³-hybridized carbons (Fsp3) is 0.692. The molecule has 0 aromatic carbocycles. The van der Waals surface area contributed by atoms with Gasteiger partial charge in [0.25, 0.3) is 0 Å². The van der Waals surface area contributed by atoms with E-state index in [1.165, 1.54) is 43.4 Å². The summed E-state index contributed by atoms with van der Waals surface area (Å²) in [7, 11) is 0. The summed E-state index contributed by atoms with van der Waals surface area (Å²) in [5.74, 6) is 0. The maximum Gasteiger partial charge on any atom is 0.100 e. The largest absolute Gasteiger partial charge is 0.370 e. The molecular formula is C13H17Cl2NOS. The van der Waals surface area contributed by atoms with Gasteiger partial charge in [-0.2, -0.15) is 0 Å². The van der Waals surface area contributed by atoms with Crippen molar-refractivity contribution < 1.29 is 4.74 Å². The average molecular weight is 306 g/mol. The predicted molar refractivity (Wildman–Crippen MR) is 76.9 cm³/mol. The quantitative estimate of drug-likeness (QED) is 0.829. The third-order valence-corrected chi connectivity index (χ3v) is 5.58. The van der Waals surface area contributed by atoms with E-state index in [1.807, 2.05) is 6.07 Å². The Bertz CT molecular complexity index is 419. The Kier molecular flexibility index (Phi) is 3.88. The zero-order valence-corrected chi connectivity index (χ0v) is 12.5. The molecule has 1 unspecified atom stereocenters. The summed E-state index contributed by atoms with van der Waals surface area (Å²) in [6, 6.07) is 1.93. The summed E-state index contributed by atoms with van der Waals surface area (Å²) >= 11 is 13.6. The van der Waals surface area contributed by atoms with Crippen LogP contribution in [0.25, 0.3) is 0 Å². The van der Waals surface area contributed by atoms with Gasteiger partial charge < -0.3 is 10.1 Å². The Morgan fingerprint density at radius 2 is 2.06 bits per heavy atom. The summed E-state index contributed by atoms with van der Waals surface area (Å²) in [4.78, 5) is 0. The zero-order valence-electron chi connectivity index (χ0n) is 10.2. The Labute approximate surface area is 122 Å². The lowest BCUT2D eigenvalue weighted by Gasteiger charge is -2.43. The fourth-order valence-corrected chi connectivity index (χ4v) is 4.56. The van der Waals surface area contributed by atoms with Gasteiger partial charge in [-0.05, 0) is 18.9 Å². The SMILES string of the molecule is Clc1cc(C2CNC3(CCCCC3)CO2)c(Cl)s1. The molecule has 2 fully saturated rings. The smallest absolute Gasteiger partial charge is 0.100 e. The van der Waals surface area contributed by atoms with Crippen LogP contribution in [0.3, 0.4) is 0 Å². The topological polar surface area (TPSA) is 21.3 Å². The average Bonchev–Trinajstić information content (AvgIpc) is 2.71. The van der Waals surface area contributed by atoms with Crippen LogP contribution < -0.4 is 5.32 Å². The number of halogens is 2. The highest BCUT2D eigenvalue weighted by atomic mass is 35.5. The van der Waals surface area contributed by atoms with E-state index in [2.05, 4.69) is 5.32 Å². The van der Waals surface area contributed by atoms with Crippen molar-refractivity contribution in [2.45, 2.75) is 43.7 Å². The van der Waals surface area contributed by atoms with Crippen LogP contribution >= 0.6 is 34.5 Å². The minimum absolute atomic E-state index is 0.0498. The molecule has 1 saturated carbocycles. The van der Waals surface area contributed by atoms with Crippen LogP contribution in [-0.2, 0) is 4.74 Å². The fourth-order valence-electron chi connectivity index (χ4n) is 3.00. The maximum atomic E-state index is 6.18. The first kappa shape index (κ1) is 13.2. The van der Waals surface area contributed by atoms with Crippen LogP contribution in [-0.4, -0.2) is 18.7 Å². The monoisotopic (exact) mass is 305 g/mol. The molecule has 1 N–H and O–H groups in total. The van der Waals surface area contributed by atoms with Gasteiger partial charge in [0.1, 0.15) is 4.34 Å². The molecule has 0 amide bonds. The minimum atomic E-state index is 0.0498. The highest BCUT2D eigenvalue weighted by Crippen LogP contribution is 2.39. The summed E-state index contributed by atoms with van der Waals surface area (Å²) in [5.41, 5.74) is 1.26. The summed E-state index contributed by atoms with van der Waals surface area (Å²) < 4.78 is 7.54. The second-order valence-electron chi connectivity index (χ2n) is 5.30. The van der Waals surface area contributed by atoms with E-state index in [9.17, 15) is 0 Å². The van der Waals surface area contributed by atoms with E-state index in [-0.39, 0.29) is 11.6 Å². The van der Waals surface area contributed by atoms with Crippen LogP contribution in [0.2, 0.25) is 8.67 Å². The number of ether oxygens (including phenoxy) is 1. The van der Waals surface area contributed by atoms with Crippen molar-refractivity contribution in [1.82, 2.24) is 5.32 Å². The second-order valence-corrected chi connectivity index (χ2v) is 7.59. The molecule has 0 radical (unpaired) electrons. The molecule has 0 bridgehead atoms. The van der Waals surface area contributed by atoms with Crippen molar-refractivity contribution in [2.24, 2.45) is 0 Å². The van der Waals surface area contributed by atoms with E-state index in [1.54, 1.807) is 0 Å². The Hall–Kier alpha value is 0.200. The summed E-state index contributed by atoms with van der Waals surface area (Å²) in [6.45, 7) is 1.63. The minimum Gasteiger partial charge on any atom is -0.370 e. The van der Waals surface area contributed by atoms with Crippen molar-refractivity contribution >= 4 is 34.5 Å². The highest BCUT2D eigenvalue weighted by molar-refractivity contribution is 7.20. The Morgan fingerprint density at radius 1 is 1.28 bits per heavy atom. The van der Waals surface area contributed by atoms with Gasteiger partial charge in [-0.1, -0.05) is 42.5 Å². The molecule has 1 aliphatic carbocycles. The van der Waals surface area contributed by atoms with E-state index in [4.69, 9.17) is 27.9 Å². The van der Waals surface area contributed by atoms with Gasteiger partial charge in [0, 0.05) is 17.6 Å². The van der Waals surface area contributed by atoms with Crippen LogP contribution in [0, 0.1) is 0 Å².